The molecule has 5 N–H and O–H groups in total. The van der Waals surface area contributed by atoms with Crippen LogP contribution >= 0.6 is 0 Å². The number of allylic oxidation sites excluding steroid dienone is 2. The number of cyclic esters (lactones) is 1. The van der Waals surface area contributed by atoms with Gasteiger partial charge in [-0.15, -0.1) is 0 Å². The zero-order valence-corrected chi connectivity index (χ0v) is 39.0. The van der Waals surface area contributed by atoms with Crippen molar-refractivity contribution in [1.29, 1.82) is 0 Å². The van der Waals surface area contributed by atoms with E-state index in [1.54, 1.807) is 20.8 Å². The number of aldehydes is 1. The van der Waals surface area contributed by atoms with Gasteiger partial charge in [-0.3, -0.25) is 14.4 Å². The number of hydrogen-bond donors (Lipinski definition) is 4. The number of ether oxygens (including phenoxy) is 10. The Morgan fingerprint density at radius 1 is 0.969 bits per heavy atom. The van der Waals surface area contributed by atoms with Crippen molar-refractivity contribution in [1.82, 2.24) is 4.90 Å². The Balaban J connectivity index is 1.66. The highest BCUT2D eigenvalue weighted by Crippen LogP contribution is 2.37. The standard InChI is InChI=1S/C45H74N2O17/c1-11-33(50)61-42-43(53)63-36(23-45(42,7)54)62-39-27(5)58-44(38(52)37(39)46)64-40-29(19-20-48)21-24(2)31(60-35-18-17-30(47(8)9)26(4)57-35)16-14-12-13-15-25(3)56-34(51)22-32(41(40)55-10)59-28(6)49/h12-14,16,20,24-27,29-32,35-44,52-54H,11,15,17-19,21-23,46H2,1-10H3/b13-12+,16-14+/t24-,25-,26+,27+,29+,30-,31-,32-,35-,36-,37+,38+,39+,40+,41+,42+,43-,44-,45-/m1/s1. The van der Waals surface area contributed by atoms with E-state index in [1.807, 2.05) is 52.2 Å². The summed E-state index contributed by atoms with van der Waals surface area (Å²) in [6.45, 7) is 11.5. The highest BCUT2D eigenvalue weighted by molar-refractivity contribution is 5.72. The molecule has 0 aromatic carbocycles. The molecule has 3 fully saturated rings. The molecule has 64 heavy (non-hydrogen) atoms. The third kappa shape index (κ3) is 14.8. The van der Waals surface area contributed by atoms with Crippen molar-refractivity contribution in [2.75, 3.05) is 21.2 Å². The average molecular weight is 915 g/mol. The largest absolute Gasteiger partial charge is 0.462 e. The van der Waals surface area contributed by atoms with Crippen molar-refractivity contribution < 1.29 is 81.9 Å². The lowest BCUT2D eigenvalue weighted by atomic mass is 9.82. The molecule has 4 aliphatic heterocycles. The van der Waals surface area contributed by atoms with Crippen LogP contribution < -0.4 is 5.73 Å². The van der Waals surface area contributed by atoms with Crippen LogP contribution in [-0.2, 0) is 66.5 Å². The number of aliphatic hydroxyl groups excluding tert-OH is 2. The maximum Gasteiger partial charge on any atom is 0.309 e. The maximum absolute atomic E-state index is 13.4. The van der Waals surface area contributed by atoms with Crippen LogP contribution in [0.15, 0.2) is 24.3 Å². The van der Waals surface area contributed by atoms with Crippen LogP contribution in [0.2, 0.25) is 0 Å². The zero-order chi connectivity index (χ0) is 47.5. The summed E-state index contributed by atoms with van der Waals surface area (Å²) in [6, 6.07) is -0.992. The van der Waals surface area contributed by atoms with Crippen LogP contribution in [0.4, 0.5) is 0 Å². The number of methoxy groups -OCH3 is 1. The summed E-state index contributed by atoms with van der Waals surface area (Å²) in [6.07, 6.45) is -5.15. The predicted octanol–water partition coefficient (Wildman–Crippen LogP) is 2.18. The molecule has 366 valence electrons. The van der Waals surface area contributed by atoms with Gasteiger partial charge in [0.2, 0.25) is 0 Å². The van der Waals surface area contributed by atoms with Gasteiger partial charge >= 0.3 is 17.9 Å². The lowest BCUT2D eigenvalue weighted by Crippen LogP contribution is -2.65. The number of esters is 3. The second kappa shape index (κ2) is 24.7. The molecule has 3 saturated heterocycles. The van der Waals surface area contributed by atoms with Crippen molar-refractivity contribution >= 4 is 24.2 Å². The van der Waals surface area contributed by atoms with Crippen LogP contribution in [-0.4, -0.2) is 170 Å². The van der Waals surface area contributed by atoms with E-state index in [2.05, 4.69) is 4.90 Å². The normalized spacial score (nSPS) is 42.8. The minimum absolute atomic E-state index is 0.0143. The minimum Gasteiger partial charge on any atom is -0.462 e. The molecule has 4 heterocycles. The van der Waals surface area contributed by atoms with E-state index < -0.39 is 122 Å². The van der Waals surface area contributed by atoms with E-state index in [9.17, 15) is 34.5 Å². The number of nitrogens with zero attached hydrogens (tertiary/aromatic N) is 1. The monoisotopic (exact) mass is 914 g/mol. The van der Waals surface area contributed by atoms with Crippen LogP contribution in [0.5, 0.6) is 0 Å². The lowest BCUT2D eigenvalue weighted by molar-refractivity contribution is -0.359. The van der Waals surface area contributed by atoms with E-state index in [4.69, 9.17) is 53.1 Å². The van der Waals surface area contributed by atoms with Crippen molar-refractivity contribution in [3.8, 4) is 0 Å². The molecule has 4 aliphatic rings. The van der Waals surface area contributed by atoms with Crippen molar-refractivity contribution in [2.45, 2.75) is 204 Å². The Labute approximate surface area is 377 Å². The highest BCUT2D eigenvalue weighted by atomic mass is 16.8. The fourth-order valence-electron chi connectivity index (χ4n) is 8.99. The molecular weight excluding hydrogens is 840 g/mol. The second-order valence-electron chi connectivity index (χ2n) is 18.0. The Morgan fingerprint density at radius 2 is 1.69 bits per heavy atom. The molecule has 0 aliphatic carbocycles. The average Bonchev–Trinajstić information content (AvgIpc) is 3.20. The Hall–Kier alpha value is -2.92. The van der Waals surface area contributed by atoms with Gasteiger partial charge in [-0.1, -0.05) is 38.2 Å². The fraction of sp³-hybridized carbons (Fsp3) is 0.822. The van der Waals surface area contributed by atoms with Crippen molar-refractivity contribution in [3.63, 3.8) is 0 Å². The number of likely N-dealkylation sites (N-methyl/N-ethyl adjacent to an activating group) is 1. The van der Waals surface area contributed by atoms with E-state index >= 15 is 0 Å². The first-order valence-corrected chi connectivity index (χ1v) is 22.5. The number of hydrogen-bond acceptors (Lipinski definition) is 19. The third-order valence-corrected chi connectivity index (χ3v) is 12.4. The number of carbonyl (C=O) groups excluding carboxylic acids is 4. The van der Waals surface area contributed by atoms with E-state index in [0.29, 0.717) is 12.8 Å². The van der Waals surface area contributed by atoms with Gasteiger partial charge in [0.1, 0.15) is 42.4 Å². The quantitative estimate of drug-likeness (QED) is 0.117. The van der Waals surface area contributed by atoms with Gasteiger partial charge < -0.3 is 78.1 Å². The SMILES string of the molecule is CCC(=O)O[C@H]1[C@H](O)O[C@@H](O[C@@H]2[C@@H](N)[C@H](O)[C@@H](O[C@H]3[C@@H](CC=O)C[C@@H](C)[C@H](O[C@@H]4CC[C@@H](N(C)C)[C@H](C)O4)/C=C/C=C/C[C@@H](C)OC(=O)C[C@@H](OC(C)=O)[C@@H]3OC)O[C@H]2C)C[C@@]1(C)O. The predicted molar refractivity (Wildman–Crippen MR) is 228 cm³/mol. The maximum atomic E-state index is 13.4. The van der Waals surface area contributed by atoms with Gasteiger partial charge in [-0.25, -0.2) is 0 Å². The Kier molecular flexibility index (Phi) is 20.7. The Morgan fingerprint density at radius 3 is 2.30 bits per heavy atom. The summed E-state index contributed by atoms with van der Waals surface area (Å²) in [5.41, 5.74) is 4.88. The molecule has 19 nitrogen and oxygen atoms in total. The van der Waals surface area contributed by atoms with Crippen LogP contribution in [0.25, 0.3) is 0 Å². The van der Waals surface area contributed by atoms with Crippen LogP contribution in [0.3, 0.4) is 0 Å². The highest BCUT2D eigenvalue weighted by Gasteiger charge is 2.52. The smallest absolute Gasteiger partial charge is 0.309 e. The molecule has 0 bridgehead atoms. The van der Waals surface area contributed by atoms with Gasteiger partial charge in [0, 0.05) is 45.8 Å². The molecule has 0 spiro atoms. The van der Waals surface area contributed by atoms with Gasteiger partial charge in [-0.05, 0) is 72.9 Å². The number of rotatable bonds is 13. The number of carbonyl (C=O) groups is 4. The van der Waals surface area contributed by atoms with Crippen molar-refractivity contribution in [3.05, 3.63) is 24.3 Å². The minimum atomic E-state index is -1.76. The molecule has 0 unspecified atom stereocenters. The van der Waals surface area contributed by atoms with Gasteiger partial charge in [0.25, 0.3) is 0 Å². The summed E-state index contributed by atoms with van der Waals surface area (Å²) < 4.78 is 60.3. The van der Waals surface area contributed by atoms with Gasteiger partial charge in [-0.2, -0.15) is 0 Å². The molecule has 19 atom stereocenters. The first-order chi connectivity index (χ1) is 30.2. The molecule has 0 aromatic rings. The van der Waals surface area contributed by atoms with Gasteiger partial charge in [0.05, 0.1) is 36.9 Å². The summed E-state index contributed by atoms with van der Waals surface area (Å²) in [5.74, 6) is -3.04. The van der Waals surface area contributed by atoms with E-state index in [-0.39, 0.29) is 43.7 Å². The third-order valence-electron chi connectivity index (χ3n) is 12.4. The zero-order valence-electron chi connectivity index (χ0n) is 39.0. The van der Waals surface area contributed by atoms with Crippen molar-refractivity contribution in [2.24, 2.45) is 17.6 Å². The fourth-order valence-corrected chi connectivity index (χ4v) is 8.99. The van der Waals surface area contributed by atoms with Crippen LogP contribution in [0.1, 0.15) is 99.8 Å². The summed E-state index contributed by atoms with van der Waals surface area (Å²) in [5, 5.41) is 33.6. The summed E-state index contributed by atoms with van der Waals surface area (Å²) in [4.78, 5) is 52.7. The molecule has 19 heteroatoms. The number of aliphatic hydroxyl groups is 3. The molecule has 0 saturated carbocycles. The molecule has 0 amide bonds. The van der Waals surface area contributed by atoms with Gasteiger partial charge in [0.15, 0.2) is 31.3 Å². The number of nitrogens with two attached hydrogens (primary N) is 1. The Bertz CT molecular complexity index is 1560. The van der Waals surface area contributed by atoms with E-state index in [1.165, 1.54) is 21.0 Å². The lowest BCUT2D eigenvalue weighted by Gasteiger charge is -2.48. The molecule has 0 aromatic heterocycles. The summed E-state index contributed by atoms with van der Waals surface area (Å²) >= 11 is 0. The molecule has 0 radical (unpaired) electrons. The first kappa shape index (κ1) is 53.7. The molecule has 4 rings (SSSR count). The van der Waals surface area contributed by atoms with E-state index in [0.717, 1.165) is 12.7 Å². The first-order valence-electron chi connectivity index (χ1n) is 22.5. The van der Waals surface area contributed by atoms with Crippen LogP contribution in [0, 0.1) is 11.8 Å². The summed E-state index contributed by atoms with van der Waals surface area (Å²) in [7, 11) is 5.39. The molecular formula is C45H74N2O17. The second-order valence-corrected chi connectivity index (χ2v) is 18.0. The topological polar surface area (TPSA) is 251 Å².